The highest BCUT2D eigenvalue weighted by Crippen LogP contribution is 2.12. The van der Waals surface area contributed by atoms with Gasteiger partial charge < -0.3 is 9.94 Å². The Morgan fingerprint density at radius 2 is 2.40 bits per heavy atom. The van der Waals surface area contributed by atoms with Crippen LogP contribution in [0.1, 0.15) is 19.3 Å². The topological polar surface area (TPSA) is 32.7 Å². The molecule has 10 heavy (non-hydrogen) atoms. The van der Waals surface area contributed by atoms with Crippen molar-refractivity contribution in [3.8, 4) is 0 Å². The van der Waals surface area contributed by atoms with Crippen LogP contribution in [0.15, 0.2) is 0 Å². The van der Waals surface area contributed by atoms with E-state index in [2.05, 4.69) is 0 Å². The molecule has 1 unspecified atom stereocenters. The summed E-state index contributed by atoms with van der Waals surface area (Å²) in [4.78, 5) is 0. The molecule has 0 amide bonds. The van der Waals surface area contributed by atoms with Gasteiger partial charge in [0.05, 0.1) is 6.10 Å². The van der Waals surface area contributed by atoms with Crippen LogP contribution in [0, 0.1) is 0 Å². The Labute approximate surface area is 61.5 Å². The molecule has 1 saturated heterocycles. The van der Waals surface area contributed by atoms with Crippen LogP contribution in [0.4, 0.5) is 0 Å². The van der Waals surface area contributed by atoms with Gasteiger partial charge in [0.25, 0.3) is 0 Å². The fourth-order valence-electron chi connectivity index (χ4n) is 1.25. The second-order valence-corrected chi connectivity index (χ2v) is 2.83. The molecule has 3 nitrogen and oxygen atoms in total. The lowest BCUT2D eigenvalue weighted by atomic mass is 10.1. The summed E-state index contributed by atoms with van der Waals surface area (Å²) in [6, 6.07) is 0. The predicted molar refractivity (Wildman–Crippen MR) is 38.0 cm³/mol. The van der Waals surface area contributed by atoms with Crippen molar-refractivity contribution in [2.75, 3.05) is 20.2 Å². The normalized spacial score (nSPS) is 27.3. The fraction of sp³-hybridized carbons (Fsp3) is 1.00. The monoisotopic (exact) mass is 145 g/mol. The lowest BCUT2D eigenvalue weighted by Gasteiger charge is -2.24. The molecule has 0 aromatic heterocycles. The van der Waals surface area contributed by atoms with E-state index in [9.17, 15) is 0 Å². The Hall–Kier alpha value is -0.120. The first-order valence-electron chi connectivity index (χ1n) is 3.80. The van der Waals surface area contributed by atoms with Gasteiger partial charge in [-0.2, -0.15) is 5.06 Å². The van der Waals surface area contributed by atoms with Gasteiger partial charge in [-0.25, -0.2) is 0 Å². The highest BCUT2D eigenvalue weighted by Gasteiger charge is 2.14. The highest BCUT2D eigenvalue weighted by molar-refractivity contribution is 4.63. The lowest BCUT2D eigenvalue weighted by molar-refractivity contribution is -0.111. The standard InChI is InChI=1S/C7H15NO2/c1-8(9)6-7-4-2-3-5-10-7/h7,9H,2-6H2,1H3. The van der Waals surface area contributed by atoms with Crippen molar-refractivity contribution in [3.63, 3.8) is 0 Å². The van der Waals surface area contributed by atoms with Crippen molar-refractivity contribution in [1.29, 1.82) is 0 Å². The zero-order valence-corrected chi connectivity index (χ0v) is 6.42. The summed E-state index contributed by atoms with van der Waals surface area (Å²) in [6.45, 7) is 1.50. The van der Waals surface area contributed by atoms with Crippen LogP contribution < -0.4 is 0 Å². The third kappa shape index (κ3) is 2.64. The van der Waals surface area contributed by atoms with Gasteiger partial charge in [-0.1, -0.05) is 0 Å². The Morgan fingerprint density at radius 1 is 1.60 bits per heavy atom. The number of hydrogen-bond acceptors (Lipinski definition) is 3. The van der Waals surface area contributed by atoms with Crippen LogP contribution in [-0.4, -0.2) is 36.6 Å². The SMILES string of the molecule is CN(O)CC1CCCCO1. The highest BCUT2D eigenvalue weighted by atomic mass is 16.5. The zero-order chi connectivity index (χ0) is 7.40. The van der Waals surface area contributed by atoms with Gasteiger partial charge in [-0.3, -0.25) is 0 Å². The van der Waals surface area contributed by atoms with Crippen molar-refractivity contribution in [3.05, 3.63) is 0 Å². The Morgan fingerprint density at radius 3 is 2.90 bits per heavy atom. The van der Waals surface area contributed by atoms with Gasteiger partial charge in [0.1, 0.15) is 0 Å². The van der Waals surface area contributed by atoms with E-state index in [4.69, 9.17) is 9.94 Å². The van der Waals surface area contributed by atoms with Gasteiger partial charge in [0.2, 0.25) is 0 Å². The molecule has 0 spiro atoms. The van der Waals surface area contributed by atoms with Gasteiger partial charge in [-0.15, -0.1) is 0 Å². The molecule has 1 rings (SSSR count). The molecule has 0 aliphatic carbocycles. The summed E-state index contributed by atoms with van der Waals surface area (Å²) in [5.74, 6) is 0. The van der Waals surface area contributed by atoms with Gasteiger partial charge in [0, 0.05) is 20.2 Å². The van der Waals surface area contributed by atoms with E-state index in [1.807, 2.05) is 0 Å². The molecule has 1 fully saturated rings. The largest absolute Gasteiger partial charge is 0.377 e. The van der Waals surface area contributed by atoms with E-state index in [-0.39, 0.29) is 6.10 Å². The first-order valence-corrected chi connectivity index (χ1v) is 3.80. The zero-order valence-electron chi connectivity index (χ0n) is 6.42. The summed E-state index contributed by atoms with van der Waals surface area (Å²) < 4.78 is 5.39. The number of hydrogen-bond donors (Lipinski definition) is 1. The van der Waals surface area contributed by atoms with E-state index in [0.29, 0.717) is 6.54 Å². The molecule has 0 aromatic rings. The summed E-state index contributed by atoms with van der Waals surface area (Å²) in [7, 11) is 1.65. The molecule has 1 N–H and O–H groups in total. The second-order valence-electron chi connectivity index (χ2n) is 2.83. The average Bonchev–Trinajstić information content (AvgIpc) is 1.88. The quantitative estimate of drug-likeness (QED) is 0.585. The third-order valence-corrected chi connectivity index (χ3v) is 1.74. The molecule has 1 aliphatic rings. The maximum Gasteiger partial charge on any atom is 0.0725 e. The smallest absolute Gasteiger partial charge is 0.0725 e. The predicted octanol–water partition coefficient (Wildman–Crippen LogP) is 0.876. The number of nitrogens with zero attached hydrogens (tertiary/aromatic N) is 1. The second kappa shape index (κ2) is 3.91. The van der Waals surface area contributed by atoms with Crippen LogP contribution in [0.25, 0.3) is 0 Å². The Kier molecular flexibility index (Phi) is 3.12. The molecular weight excluding hydrogens is 130 g/mol. The Bertz CT molecular complexity index is 89.6. The number of ether oxygens (including phenoxy) is 1. The number of hydroxylamine groups is 2. The third-order valence-electron chi connectivity index (χ3n) is 1.74. The first kappa shape index (κ1) is 7.98. The average molecular weight is 145 g/mol. The molecule has 3 heteroatoms. The van der Waals surface area contributed by atoms with Crippen LogP contribution in [0.2, 0.25) is 0 Å². The fourth-order valence-corrected chi connectivity index (χ4v) is 1.25. The molecule has 0 bridgehead atoms. The van der Waals surface area contributed by atoms with Gasteiger partial charge in [-0.05, 0) is 19.3 Å². The van der Waals surface area contributed by atoms with Crippen LogP contribution in [0.5, 0.6) is 0 Å². The van der Waals surface area contributed by atoms with Crippen molar-refractivity contribution in [2.24, 2.45) is 0 Å². The maximum absolute atomic E-state index is 8.86. The molecular formula is C7H15NO2. The molecule has 0 aromatic carbocycles. The minimum absolute atomic E-state index is 0.253. The minimum Gasteiger partial charge on any atom is -0.377 e. The van der Waals surface area contributed by atoms with Crippen molar-refractivity contribution in [1.82, 2.24) is 5.06 Å². The first-order chi connectivity index (χ1) is 4.79. The van der Waals surface area contributed by atoms with Gasteiger partial charge in [0.15, 0.2) is 0 Å². The molecule has 0 saturated carbocycles. The molecule has 1 aliphatic heterocycles. The summed E-state index contributed by atoms with van der Waals surface area (Å²) >= 11 is 0. The van der Waals surface area contributed by atoms with Crippen molar-refractivity contribution < 1.29 is 9.94 Å². The van der Waals surface area contributed by atoms with Crippen LogP contribution in [0.3, 0.4) is 0 Å². The van der Waals surface area contributed by atoms with E-state index in [1.54, 1.807) is 7.05 Å². The molecule has 1 heterocycles. The lowest BCUT2D eigenvalue weighted by Crippen LogP contribution is -2.31. The number of likely N-dealkylation sites (N-methyl/N-ethyl adjacent to an activating group) is 1. The van der Waals surface area contributed by atoms with E-state index >= 15 is 0 Å². The van der Waals surface area contributed by atoms with Crippen molar-refractivity contribution >= 4 is 0 Å². The Balaban J connectivity index is 2.13. The van der Waals surface area contributed by atoms with E-state index in [1.165, 1.54) is 17.9 Å². The maximum atomic E-state index is 8.86. The van der Waals surface area contributed by atoms with Gasteiger partial charge >= 0.3 is 0 Å². The summed E-state index contributed by atoms with van der Waals surface area (Å²) in [6.07, 6.45) is 3.75. The van der Waals surface area contributed by atoms with E-state index < -0.39 is 0 Å². The van der Waals surface area contributed by atoms with Crippen LogP contribution >= 0.6 is 0 Å². The van der Waals surface area contributed by atoms with Crippen LogP contribution in [-0.2, 0) is 4.74 Å². The molecule has 60 valence electrons. The summed E-state index contributed by atoms with van der Waals surface area (Å²) in [5, 5.41) is 10.0. The molecule has 0 radical (unpaired) electrons. The molecule has 1 atom stereocenters. The number of rotatable bonds is 2. The minimum atomic E-state index is 0.253. The van der Waals surface area contributed by atoms with Crippen molar-refractivity contribution in [2.45, 2.75) is 25.4 Å². The summed E-state index contributed by atoms with van der Waals surface area (Å²) in [5.41, 5.74) is 0. The van der Waals surface area contributed by atoms with E-state index in [0.717, 1.165) is 13.0 Å².